The first-order valence-electron chi connectivity index (χ1n) is 5.09. The number of ether oxygens (including phenoxy) is 1. The van der Waals surface area contributed by atoms with E-state index in [1.165, 1.54) is 20.9 Å². The lowest BCUT2D eigenvalue weighted by Crippen LogP contribution is -2.36. The second-order valence-electron chi connectivity index (χ2n) is 4.07. The minimum Gasteiger partial charge on any atom is -0.465 e. The van der Waals surface area contributed by atoms with Crippen molar-refractivity contribution in [2.75, 3.05) is 13.7 Å². The summed E-state index contributed by atoms with van der Waals surface area (Å²) in [6.45, 7) is 3.67. The molecule has 0 atom stereocenters. The number of nitrogens with one attached hydrogen (secondary N) is 1. The number of halogens is 2. The molecule has 6 nitrogen and oxygen atoms in total. The van der Waals surface area contributed by atoms with Gasteiger partial charge in [-0.2, -0.15) is 0 Å². The van der Waals surface area contributed by atoms with Crippen LogP contribution in [-0.4, -0.2) is 37.9 Å². The van der Waals surface area contributed by atoms with Gasteiger partial charge in [-0.1, -0.05) is 19.0 Å². The highest BCUT2D eigenvalue weighted by molar-refractivity contribution is 5.92. The second kappa shape index (κ2) is 6.87. The second-order valence-corrected chi connectivity index (χ2v) is 4.07. The molecule has 0 rings (SSSR count). The maximum Gasteiger partial charge on any atom is 0.433 e. The van der Waals surface area contributed by atoms with Crippen molar-refractivity contribution < 1.29 is 27.9 Å². The average Bonchev–Trinajstić information content (AvgIpc) is 2.25. The number of esters is 1. The van der Waals surface area contributed by atoms with Crippen LogP contribution in [0.25, 0.3) is 0 Å². The van der Waals surface area contributed by atoms with Crippen molar-refractivity contribution in [1.82, 2.24) is 5.32 Å². The monoisotopic (exact) mass is 266 g/mol. The van der Waals surface area contributed by atoms with Gasteiger partial charge in [0.25, 0.3) is 6.43 Å². The van der Waals surface area contributed by atoms with Crippen molar-refractivity contribution in [2.45, 2.75) is 27.2 Å². The summed E-state index contributed by atoms with van der Waals surface area (Å²) in [4.78, 5) is 25.6. The largest absolute Gasteiger partial charge is 0.465 e. The van der Waals surface area contributed by atoms with E-state index in [2.05, 4.69) is 20.0 Å². The average molecular weight is 266 g/mol. The number of carbonyl (C=O) groups is 2. The van der Waals surface area contributed by atoms with E-state index in [9.17, 15) is 18.4 Å². The number of hydrogen-bond acceptors (Lipinski definition) is 5. The van der Waals surface area contributed by atoms with E-state index in [1.807, 2.05) is 0 Å². The van der Waals surface area contributed by atoms with E-state index >= 15 is 0 Å². The molecule has 0 aliphatic carbocycles. The van der Waals surface area contributed by atoms with Crippen LogP contribution in [0.1, 0.15) is 20.8 Å². The Morgan fingerprint density at radius 1 is 1.39 bits per heavy atom. The lowest BCUT2D eigenvalue weighted by Gasteiger charge is -2.24. The molecule has 0 aromatic rings. The molecule has 0 aliphatic heterocycles. The van der Waals surface area contributed by atoms with E-state index in [4.69, 9.17) is 0 Å². The first kappa shape index (κ1) is 16.3. The molecule has 0 radical (unpaired) electrons. The zero-order chi connectivity index (χ0) is 14.3. The molecule has 0 aliphatic rings. The van der Waals surface area contributed by atoms with Crippen LogP contribution < -0.4 is 5.32 Å². The fraction of sp³-hybridized carbons (Fsp3) is 0.700. The van der Waals surface area contributed by atoms with Gasteiger partial charge >= 0.3 is 12.1 Å². The molecule has 0 aromatic heterocycles. The normalized spacial score (nSPS) is 12.3. The SMILES string of the molecule is CNC(=O)ON=C(C(F)F)C(C)(C)COC(C)=O. The molecule has 0 heterocycles. The summed E-state index contributed by atoms with van der Waals surface area (Å²) in [5.41, 5.74) is -1.92. The molecule has 18 heavy (non-hydrogen) atoms. The van der Waals surface area contributed by atoms with Gasteiger partial charge in [-0.05, 0) is 0 Å². The third-order valence-corrected chi connectivity index (χ3v) is 1.97. The Morgan fingerprint density at radius 3 is 2.33 bits per heavy atom. The molecule has 0 aromatic carbocycles. The smallest absolute Gasteiger partial charge is 0.433 e. The molecule has 0 bridgehead atoms. The molecular weight excluding hydrogens is 250 g/mol. The van der Waals surface area contributed by atoms with Crippen LogP contribution >= 0.6 is 0 Å². The van der Waals surface area contributed by atoms with E-state index < -0.39 is 29.6 Å². The molecule has 1 amide bonds. The number of hydrogen-bond donors (Lipinski definition) is 1. The van der Waals surface area contributed by atoms with Gasteiger partial charge in [-0.3, -0.25) is 9.63 Å². The first-order valence-corrected chi connectivity index (χ1v) is 5.09. The number of nitrogens with zero attached hydrogens (tertiary/aromatic N) is 1. The first-order chi connectivity index (χ1) is 8.20. The van der Waals surface area contributed by atoms with E-state index in [0.717, 1.165) is 6.92 Å². The van der Waals surface area contributed by atoms with E-state index in [1.54, 1.807) is 0 Å². The van der Waals surface area contributed by atoms with Crippen LogP contribution in [0.5, 0.6) is 0 Å². The summed E-state index contributed by atoms with van der Waals surface area (Å²) in [6.07, 6.45) is -3.89. The van der Waals surface area contributed by atoms with Gasteiger partial charge < -0.3 is 10.1 Å². The lowest BCUT2D eigenvalue weighted by atomic mass is 9.88. The molecule has 0 fully saturated rings. The van der Waals surface area contributed by atoms with Crippen LogP contribution in [0.2, 0.25) is 0 Å². The van der Waals surface area contributed by atoms with Crippen LogP contribution in [0.4, 0.5) is 13.6 Å². The van der Waals surface area contributed by atoms with Gasteiger partial charge in [0.05, 0.1) is 0 Å². The zero-order valence-electron chi connectivity index (χ0n) is 10.6. The fourth-order valence-electron chi connectivity index (χ4n) is 0.951. The van der Waals surface area contributed by atoms with Crippen LogP contribution in [0, 0.1) is 5.41 Å². The Kier molecular flexibility index (Phi) is 6.21. The summed E-state index contributed by atoms with van der Waals surface area (Å²) in [6, 6.07) is 0. The molecular formula is C10H16F2N2O4. The Labute approximate surface area is 103 Å². The van der Waals surface area contributed by atoms with Gasteiger partial charge in [0.1, 0.15) is 12.3 Å². The van der Waals surface area contributed by atoms with Crippen molar-refractivity contribution in [3.05, 3.63) is 0 Å². The molecule has 8 heteroatoms. The molecule has 0 saturated carbocycles. The Morgan fingerprint density at radius 2 is 1.94 bits per heavy atom. The predicted octanol–water partition coefficient (Wildman–Crippen LogP) is 1.55. The minimum absolute atomic E-state index is 0.289. The van der Waals surface area contributed by atoms with Gasteiger partial charge in [-0.15, -0.1) is 0 Å². The number of oxime groups is 1. The highest BCUT2D eigenvalue weighted by Crippen LogP contribution is 2.23. The number of amides is 1. The molecule has 0 unspecified atom stereocenters. The number of rotatable bonds is 5. The number of alkyl halides is 2. The quantitative estimate of drug-likeness (QED) is 0.354. The Balaban J connectivity index is 4.86. The Hall–Kier alpha value is -1.73. The van der Waals surface area contributed by atoms with Gasteiger partial charge in [0.15, 0.2) is 0 Å². The van der Waals surface area contributed by atoms with Crippen molar-refractivity contribution in [2.24, 2.45) is 10.6 Å². The van der Waals surface area contributed by atoms with Crippen molar-refractivity contribution >= 4 is 17.8 Å². The third-order valence-electron chi connectivity index (χ3n) is 1.97. The molecule has 104 valence electrons. The van der Waals surface area contributed by atoms with Gasteiger partial charge in [0.2, 0.25) is 0 Å². The topological polar surface area (TPSA) is 77.0 Å². The molecule has 0 saturated heterocycles. The Bertz CT molecular complexity index is 343. The van der Waals surface area contributed by atoms with Crippen LogP contribution in [0.15, 0.2) is 5.16 Å². The van der Waals surface area contributed by atoms with Crippen molar-refractivity contribution in [3.8, 4) is 0 Å². The van der Waals surface area contributed by atoms with E-state index in [0.29, 0.717) is 0 Å². The van der Waals surface area contributed by atoms with Crippen LogP contribution in [-0.2, 0) is 14.4 Å². The predicted molar refractivity (Wildman–Crippen MR) is 59.4 cm³/mol. The van der Waals surface area contributed by atoms with Gasteiger partial charge in [0, 0.05) is 19.4 Å². The number of carbonyl (C=O) groups excluding carboxylic acids is 2. The van der Waals surface area contributed by atoms with Crippen molar-refractivity contribution in [1.29, 1.82) is 0 Å². The maximum absolute atomic E-state index is 12.8. The zero-order valence-corrected chi connectivity index (χ0v) is 10.6. The summed E-state index contributed by atoms with van der Waals surface area (Å²) < 4.78 is 30.2. The summed E-state index contributed by atoms with van der Waals surface area (Å²) in [7, 11) is 1.27. The molecule has 1 N–H and O–H groups in total. The maximum atomic E-state index is 12.8. The van der Waals surface area contributed by atoms with Crippen LogP contribution in [0.3, 0.4) is 0 Å². The van der Waals surface area contributed by atoms with Crippen molar-refractivity contribution in [3.63, 3.8) is 0 Å². The standard InChI is InChI=1S/C10H16F2N2O4/c1-6(15)17-5-10(2,3)7(8(11)12)14-18-9(16)13-4/h8H,5H2,1-4H3,(H,13,16). The lowest BCUT2D eigenvalue weighted by molar-refractivity contribution is -0.142. The van der Waals surface area contributed by atoms with E-state index in [-0.39, 0.29) is 6.61 Å². The summed E-state index contributed by atoms with van der Waals surface area (Å²) in [5.74, 6) is -0.594. The highest BCUT2D eigenvalue weighted by Gasteiger charge is 2.34. The fourth-order valence-corrected chi connectivity index (χ4v) is 0.951. The third kappa shape index (κ3) is 5.55. The molecule has 0 spiro atoms. The highest BCUT2D eigenvalue weighted by atomic mass is 19.3. The minimum atomic E-state index is -2.93. The van der Waals surface area contributed by atoms with Gasteiger partial charge in [-0.25, -0.2) is 13.6 Å². The summed E-state index contributed by atoms with van der Waals surface area (Å²) >= 11 is 0. The summed E-state index contributed by atoms with van der Waals surface area (Å²) in [5, 5.41) is 5.17.